The van der Waals surface area contributed by atoms with Gasteiger partial charge >= 0.3 is 0 Å². The molecular weight excluding hydrogens is 186 g/mol. The Kier molecular flexibility index (Phi) is 5.01. The number of hydrogen-bond acceptors (Lipinski definition) is 3. The lowest BCUT2D eigenvalue weighted by molar-refractivity contribution is 0.570. The number of hydrazine groups is 1. The summed E-state index contributed by atoms with van der Waals surface area (Å²) in [5.74, 6) is 5.47. The monoisotopic (exact) mass is 205 g/mol. The molecule has 1 atom stereocenters. The summed E-state index contributed by atoms with van der Waals surface area (Å²) in [5.41, 5.74) is 5.19. The van der Waals surface area contributed by atoms with E-state index < -0.39 is 0 Å². The second-order valence-electron chi connectivity index (χ2n) is 3.88. The summed E-state index contributed by atoms with van der Waals surface area (Å²) in [7, 11) is 0. The van der Waals surface area contributed by atoms with Crippen LogP contribution in [0.2, 0.25) is 0 Å². The summed E-state index contributed by atoms with van der Waals surface area (Å²) >= 11 is 0. The van der Waals surface area contributed by atoms with Gasteiger partial charge in [0, 0.05) is 17.9 Å². The maximum atomic E-state index is 5.47. The number of aryl methyl sites for hydroxylation is 1. The smallest absolute Gasteiger partial charge is 0.0404 e. The van der Waals surface area contributed by atoms with E-state index in [1.165, 1.54) is 5.57 Å². The van der Waals surface area contributed by atoms with Crippen LogP contribution in [0, 0.1) is 0 Å². The Balaban J connectivity index is 2.45. The molecule has 0 bridgehead atoms. The van der Waals surface area contributed by atoms with Gasteiger partial charge in [-0.15, -0.1) is 0 Å². The lowest BCUT2D eigenvalue weighted by atomic mass is 10.1. The molecule has 1 rings (SSSR count). The van der Waals surface area contributed by atoms with Gasteiger partial charge in [-0.1, -0.05) is 17.7 Å². The number of pyridine rings is 1. The molecule has 0 saturated heterocycles. The predicted octanol–water partition coefficient (Wildman–Crippen LogP) is 1.81. The van der Waals surface area contributed by atoms with Crippen LogP contribution in [-0.4, -0.2) is 11.0 Å². The van der Waals surface area contributed by atoms with Gasteiger partial charge < -0.3 is 0 Å². The molecule has 1 aromatic rings. The first-order valence-electron chi connectivity index (χ1n) is 5.23. The number of allylic oxidation sites excluding steroid dienone is 1. The highest BCUT2D eigenvalue weighted by molar-refractivity contribution is 5.06. The Morgan fingerprint density at radius 1 is 1.53 bits per heavy atom. The highest BCUT2D eigenvalue weighted by Gasteiger charge is 2.03. The summed E-state index contributed by atoms with van der Waals surface area (Å²) in [6.07, 6.45) is 5.88. The van der Waals surface area contributed by atoms with Gasteiger partial charge in [-0.05, 0) is 38.8 Å². The number of aromatic nitrogens is 1. The summed E-state index contributed by atoms with van der Waals surface area (Å²) < 4.78 is 0. The fourth-order valence-electron chi connectivity index (χ4n) is 1.47. The van der Waals surface area contributed by atoms with Crippen molar-refractivity contribution < 1.29 is 0 Å². The summed E-state index contributed by atoms with van der Waals surface area (Å²) in [6, 6.07) is 6.21. The van der Waals surface area contributed by atoms with Crippen molar-refractivity contribution in [3.05, 3.63) is 41.7 Å². The predicted molar refractivity (Wildman–Crippen MR) is 63.1 cm³/mol. The fraction of sp³-hybridized carbons (Fsp3) is 0.417. The van der Waals surface area contributed by atoms with Crippen molar-refractivity contribution in [3.8, 4) is 0 Å². The molecule has 3 N–H and O–H groups in total. The molecule has 0 aliphatic carbocycles. The Bertz CT molecular complexity index is 302. The first-order valence-corrected chi connectivity index (χ1v) is 5.23. The van der Waals surface area contributed by atoms with Gasteiger partial charge in [0.05, 0.1) is 0 Å². The molecule has 82 valence electrons. The normalized spacial score (nSPS) is 12.2. The molecule has 1 unspecified atom stereocenters. The van der Waals surface area contributed by atoms with Crippen molar-refractivity contribution in [2.75, 3.05) is 0 Å². The maximum Gasteiger partial charge on any atom is 0.0404 e. The topological polar surface area (TPSA) is 50.9 Å². The van der Waals surface area contributed by atoms with Gasteiger partial charge in [0.2, 0.25) is 0 Å². The van der Waals surface area contributed by atoms with Gasteiger partial charge in [-0.3, -0.25) is 16.3 Å². The lowest BCUT2D eigenvalue weighted by Gasteiger charge is -2.11. The second-order valence-corrected chi connectivity index (χ2v) is 3.88. The van der Waals surface area contributed by atoms with E-state index in [0.29, 0.717) is 0 Å². The van der Waals surface area contributed by atoms with Crippen LogP contribution >= 0.6 is 0 Å². The quantitative estimate of drug-likeness (QED) is 0.438. The molecule has 0 spiro atoms. The van der Waals surface area contributed by atoms with Crippen molar-refractivity contribution in [1.82, 2.24) is 10.4 Å². The minimum Gasteiger partial charge on any atom is -0.271 e. The molecule has 0 radical (unpaired) electrons. The van der Waals surface area contributed by atoms with E-state index in [1.807, 2.05) is 24.4 Å². The SMILES string of the molecule is CC(C)=CC(CCc1ccccn1)NN. The first kappa shape index (κ1) is 11.9. The van der Waals surface area contributed by atoms with Gasteiger partial charge in [0.1, 0.15) is 0 Å². The molecule has 3 heteroatoms. The van der Waals surface area contributed by atoms with Gasteiger partial charge in [-0.25, -0.2) is 0 Å². The van der Waals surface area contributed by atoms with Crippen molar-refractivity contribution in [1.29, 1.82) is 0 Å². The zero-order valence-corrected chi connectivity index (χ0v) is 9.40. The van der Waals surface area contributed by atoms with Crippen LogP contribution in [-0.2, 0) is 6.42 Å². The van der Waals surface area contributed by atoms with E-state index in [1.54, 1.807) is 0 Å². The fourth-order valence-corrected chi connectivity index (χ4v) is 1.47. The van der Waals surface area contributed by atoms with E-state index in [0.717, 1.165) is 18.5 Å². The van der Waals surface area contributed by atoms with Crippen LogP contribution < -0.4 is 11.3 Å². The third kappa shape index (κ3) is 4.72. The molecule has 0 fully saturated rings. The summed E-state index contributed by atoms with van der Waals surface area (Å²) in [6.45, 7) is 4.15. The molecule has 0 saturated carbocycles. The average Bonchev–Trinajstić information content (AvgIpc) is 2.25. The molecule has 15 heavy (non-hydrogen) atoms. The van der Waals surface area contributed by atoms with Crippen LogP contribution in [0.25, 0.3) is 0 Å². The highest BCUT2D eigenvalue weighted by Crippen LogP contribution is 2.04. The van der Waals surface area contributed by atoms with Gasteiger partial charge in [-0.2, -0.15) is 0 Å². The van der Waals surface area contributed by atoms with E-state index >= 15 is 0 Å². The van der Waals surface area contributed by atoms with Crippen LogP contribution in [0.3, 0.4) is 0 Å². The largest absolute Gasteiger partial charge is 0.271 e. The first-order chi connectivity index (χ1) is 7.22. The van der Waals surface area contributed by atoms with Crippen molar-refractivity contribution in [3.63, 3.8) is 0 Å². The summed E-state index contributed by atoms with van der Waals surface area (Å²) in [4.78, 5) is 4.27. The molecule has 3 nitrogen and oxygen atoms in total. The molecule has 0 aliphatic rings. The van der Waals surface area contributed by atoms with Crippen molar-refractivity contribution in [2.45, 2.75) is 32.7 Å². The Morgan fingerprint density at radius 3 is 2.87 bits per heavy atom. The van der Waals surface area contributed by atoms with Crippen molar-refractivity contribution >= 4 is 0 Å². The van der Waals surface area contributed by atoms with Crippen LogP contribution in [0.5, 0.6) is 0 Å². The molecule has 0 amide bonds. The van der Waals surface area contributed by atoms with Crippen molar-refractivity contribution in [2.24, 2.45) is 5.84 Å². The van der Waals surface area contributed by atoms with E-state index in [-0.39, 0.29) is 6.04 Å². The van der Waals surface area contributed by atoms with Crippen LogP contribution in [0.15, 0.2) is 36.0 Å². The van der Waals surface area contributed by atoms with Crippen LogP contribution in [0.1, 0.15) is 26.0 Å². The Hall–Kier alpha value is -1.19. The van der Waals surface area contributed by atoms with Gasteiger partial charge in [0.25, 0.3) is 0 Å². The lowest BCUT2D eigenvalue weighted by Crippen LogP contribution is -2.34. The molecule has 1 aromatic heterocycles. The molecule has 1 heterocycles. The van der Waals surface area contributed by atoms with E-state index in [2.05, 4.69) is 30.3 Å². The molecular formula is C12H19N3. The summed E-state index contributed by atoms with van der Waals surface area (Å²) in [5, 5.41) is 0. The zero-order chi connectivity index (χ0) is 11.1. The number of nitrogens with two attached hydrogens (primary N) is 1. The standard InChI is InChI=1S/C12H19N3/c1-10(2)9-12(15-13)7-6-11-5-3-4-8-14-11/h3-5,8-9,12,15H,6-7,13H2,1-2H3. The molecule has 0 aromatic carbocycles. The number of nitrogens with zero attached hydrogens (tertiary/aromatic N) is 1. The van der Waals surface area contributed by atoms with Gasteiger partial charge in [0.15, 0.2) is 0 Å². The third-order valence-electron chi connectivity index (χ3n) is 2.19. The number of nitrogens with one attached hydrogen (secondary N) is 1. The number of hydrogen-bond donors (Lipinski definition) is 2. The third-order valence-corrected chi connectivity index (χ3v) is 2.19. The Morgan fingerprint density at radius 2 is 2.33 bits per heavy atom. The Labute approximate surface area is 91.4 Å². The minimum absolute atomic E-state index is 0.233. The minimum atomic E-state index is 0.233. The molecule has 0 aliphatic heterocycles. The van der Waals surface area contributed by atoms with Crippen LogP contribution in [0.4, 0.5) is 0 Å². The average molecular weight is 205 g/mol. The highest BCUT2D eigenvalue weighted by atomic mass is 15.2. The zero-order valence-electron chi connectivity index (χ0n) is 9.40. The number of rotatable bonds is 5. The van der Waals surface area contributed by atoms with E-state index in [9.17, 15) is 0 Å². The maximum absolute atomic E-state index is 5.47. The van der Waals surface area contributed by atoms with E-state index in [4.69, 9.17) is 5.84 Å². The second kappa shape index (κ2) is 6.32.